The van der Waals surface area contributed by atoms with Crippen LogP contribution in [0.25, 0.3) is 0 Å². The fourth-order valence-electron chi connectivity index (χ4n) is 2.19. The van der Waals surface area contributed by atoms with Crippen molar-refractivity contribution in [2.24, 2.45) is 11.8 Å². The van der Waals surface area contributed by atoms with Crippen LogP contribution >= 0.6 is 0 Å². The van der Waals surface area contributed by atoms with Crippen molar-refractivity contribution >= 4 is 11.4 Å². The molecule has 0 heterocycles. The molecule has 0 fully saturated rings. The Morgan fingerprint density at radius 3 is 1.11 bits per heavy atom. The third kappa shape index (κ3) is 2.76. The van der Waals surface area contributed by atoms with Crippen molar-refractivity contribution in [3.8, 4) is 0 Å². The van der Waals surface area contributed by atoms with Crippen molar-refractivity contribution in [3.05, 3.63) is 48.6 Å². The van der Waals surface area contributed by atoms with Crippen molar-refractivity contribution in [2.45, 2.75) is 0 Å². The highest BCUT2D eigenvalue weighted by Gasteiger charge is 2.18. The molecule has 0 bridgehead atoms. The molecule has 2 heteroatoms. The van der Waals surface area contributed by atoms with E-state index >= 15 is 0 Å². The predicted octanol–water partition coefficient (Wildman–Crippen LogP) is 1.90. The van der Waals surface area contributed by atoms with Crippen LogP contribution in [0.5, 0.6) is 0 Å². The summed E-state index contributed by atoms with van der Waals surface area (Å²) in [4.78, 5) is 0. The summed E-state index contributed by atoms with van der Waals surface area (Å²) in [5, 5.41) is 0. The normalized spacial score (nSPS) is 25.8. The third-order valence-electron chi connectivity index (χ3n) is 3.43. The van der Waals surface area contributed by atoms with E-state index in [1.165, 1.54) is 11.4 Å². The first kappa shape index (κ1) is 12.7. The topological polar surface area (TPSA) is 6.02 Å². The van der Waals surface area contributed by atoms with Gasteiger partial charge in [0.2, 0.25) is 0 Å². The molecule has 0 atom stereocenters. The molecule has 0 aromatic carbocycles. The van der Waals surface area contributed by atoms with Gasteiger partial charge in [0.25, 0.3) is 0 Å². The summed E-state index contributed by atoms with van der Waals surface area (Å²) < 4.78 is 4.27. The van der Waals surface area contributed by atoms with E-state index in [1.807, 2.05) is 0 Å². The third-order valence-corrected chi connectivity index (χ3v) is 3.43. The highest BCUT2D eigenvalue weighted by Crippen LogP contribution is 2.23. The van der Waals surface area contributed by atoms with E-state index in [-0.39, 0.29) is 0 Å². The largest absolute Gasteiger partial charge is 0.235 e. The summed E-state index contributed by atoms with van der Waals surface area (Å²) in [6.45, 7) is 0. The Balaban J connectivity index is 2.10. The summed E-state index contributed by atoms with van der Waals surface area (Å²) in [6.07, 6.45) is 18.0. The van der Waals surface area contributed by atoms with Crippen LogP contribution in [0.15, 0.2) is 48.6 Å². The molecule has 0 N–H and O–H groups in total. The Labute approximate surface area is 110 Å². The fraction of sp³-hybridized carbons (Fsp3) is 0.375. The molecule has 0 unspecified atom stereocenters. The van der Waals surface area contributed by atoms with Gasteiger partial charge < -0.3 is 0 Å². The van der Waals surface area contributed by atoms with E-state index in [4.69, 9.17) is 0 Å². The molecular weight excluding hydrogens is 220 g/mol. The van der Waals surface area contributed by atoms with E-state index in [1.54, 1.807) is 0 Å². The molecule has 0 aromatic rings. The highest BCUT2D eigenvalue weighted by atomic mass is 14.9. The molecule has 2 rings (SSSR count). The second-order valence-electron chi connectivity index (χ2n) is 5.23. The Hall–Kier alpha value is -1.70. The number of hydrogen-bond donors (Lipinski definition) is 0. The van der Waals surface area contributed by atoms with Gasteiger partial charge in [-0.2, -0.15) is 0 Å². The van der Waals surface area contributed by atoms with Crippen LogP contribution in [0.4, 0.5) is 0 Å². The van der Waals surface area contributed by atoms with Crippen LogP contribution in [-0.4, -0.2) is 48.8 Å². The maximum absolute atomic E-state index is 2.29. The van der Waals surface area contributed by atoms with E-state index in [2.05, 4.69) is 85.9 Å². The second-order valence-corrected chi connectivity index (χ2v) is 5.23. The van der Waals surface area contributed by atoms with E-state index < -0.39 is 0 Å². The molecule has 2 nitrogen and oxygen atoms in total. The Bertz CT molecular complexity index is 425. The van der Waals surface area contributed by atoms with Gasteiger partial charge in [-0.05, 0) is 0 Å². The SMILES string of the molecule is C[N+](C)=C1C=CC(C2C=CC(=[N+](C)C)C=C2)C=C1. The smallest absolute Gasteiger partial charge is 0.198 e. The first-order valence-electron chi connectivity index (χ1n) is 6.39. The highest BCUT2D eigenvalue weighted by molar-refractivity contribution is 6.02. The quantitative estimate of drug-likeness (QED) is 0.620. The average molecular weight is 242 g/mol. The van der Waals surface area contributed by atoms with Crippen molar-refractivity contribution in [1.29, 1.82) is 0 Å². The summed E-state index contributed by atoms with van der Waals surface area (Å²) in [5.74, 6) is 0.954. The standard InChI is InChI=1S/C16H22N2/c1-17(2)15-9-5-13(6-10-15)14-7-11-16(12-8-14)18(3)4/h5-14H,1-4H3/q+2. The summed E-state index contributed by atoms with van der Waals surface area (Å²) >= 11 is 0. The zero-order valence-electron chi connectivity index (χ0n) is 11.7. The minimum Gasteiger partial charge on any atom is -0.235 e. The summed E-state index contributed by atoms with van der Waals surface area (Å²) in [6, 6.07) is 0. The van der Waals surface area contributed by atoms with Crippen LogP contribution in [0, 0.1) is 11.8 Å². The minimum absolute atomic E-state index is 0.477. The van der Waals surface area contributed by atoms with Crippen LogP contribution < -0.4 is 0 Å². The zero-order valence-corrected chi connectivity index (χ0v) is 11.7. The average Bonchev–Trinajstić information content (AvgIpc) is 2.39. The van der Waals surface area contributed by atoms with Crippen LogP contribution in [0.3, 0.4) is 0 Å². The minimum atomic E-state index is 0.477. The molecule has 0 aliphatic heterocycles. The molecule has 0 spiro atoms. The molecule has 0 saturated heterocycles. The van der Waals surface area contributed by atoms with Crippen molar-refractivity contribution in [2.75, 3.05) is 28.2 Å². The Morgan fingerprint density at radius 1 is 0.611 bits per heavy atom. The van der Waals surface area contributed by atoms with Crippen molar-refractivity contribution < 1.29 is 9.15 Å². The van der Waals surface area contributed by atoms with E-state index in [9.17, 15) is 0 Å². The molecular formula is C16H22N2+2. The van der Waals surface area contributed by atoms with Gasteiger partial charge in [0, 0.05) is 36.1 Å². The molecule has 2 aliphatic carbocycles. The van der Waals surface area contributed by atoms with Gasteiger partial charge in [-0.15, -0.1) is 0 Å². The van der Waals surface area contributed by atoms with Crippen molar-refractivity contribution in [1.82, 2.24) is 0 Å². The summed E-state index contributed by atoms with van der Waals surface area (Å²) in [7, 11) is 8.29. The van der Waals surface area contributed by atoms with Gasteiger partial charge in [0.1, 0.15) is 28.2 Å². The first-order chi connectivity index (χ1) is 8.58. The molecule has 0 radical (unpaired) electrons. The van der Waals surface area contributed by atoms with Gasteiger partial charge in [0.15, 0.2) is 11.4 Å². The maximum Gasteiger partial charge on any atom is 0.198 e. The van der Waals surface area contributed by atoms with Crippen molar-refractivity contribution in [3.63, 3.8) is 0 Å². The number of hydrogen-bond acceptors (Lipinski definition) is 0. The Kier molecular flexibility index (Phi) is 3.75. The number of allylic oxidation sites excluding steroid dienone is 8. The monoisotopic (exact) mass is 242 g/mol. The van der Waals surface area contributed by atoms with Gasteiger partial charge in [-0.25, -0.2) is 9.15 Å². The second kappa shape index (κ2) is 5.30. The lowest BCUT2D eigenvalue weighted by atomic mass is 9.85. The number of nitrogens with zero attached hydrogens (tertiary/aromatic N) is 2. The maximum atomic E-state index is 2.29. The molecule has 2 aliphatic rings. The lowest BCUT2D eigenvalue weighted by Crippen LogP contribution is -2.18. The predicted molar refractivity (Wildman–Crippen MR) is 77.8 cm³/mol. The van der Waals surface area contributed by atoms with Crippen LogP contribution in [0.2, 0.25) is 0 Å². The lowest BCUT2D eigenvalue weighted by Gasteiger charge is -2.18. The fourth-order valence-corrected chi connectivity index (χ4v) is 2.19. The van der Waals surface area contributed by atoms with E-state index in [0.717, 1.165) is 0 Å². The van der Waals surface area contributed by atoms with Gasteiger partial charge >= 0.3 is 0 Å². The van der Waals surface area contributed by atoms with Crippen LogP contribution in [-0.2, 0) is 0 Å². The first-order valence-corrected chi connectivity index (χ1v) is 6.39. The van der Waals surface area contributed by atoms with Gasteiger partial charge in [-0.1, -0.05) is 24.3 Å². The molecule has 0 saturated carbocycles. The molecule has 94 valence electrons. The Morgan fingerprint density at radius 2 is 0.889 bits per heavy atom. The van der Waals surface area contributed by atoms with Crippen LogP contribution in [0.1, 0.15) is 0 Å². The molecule has 0 amide bonds. The molecule has 0 aromatic heterocycles. The van der Waals surface area contributed by atoms with E-state index in [0.29, 0.717) is 11.8 Å². The zero-order chi connectivity index (χ0) is 13.1. The van der Waals surface area contributed by atoms with Gasteiger partial charge in [0.05, 0.1) is 0 Å². The molecule has 18 heavy (non-hydrogen) atoms. The lowest BCUT2D eigenvalue weighted by molar-refractivity contribution is -0.462. The number of rotatable bonds is 1. The van der Waals surface area contributed by atoms with Gasteiger partial charge in [-0.3, -0.25) is 0 Å². The summed E-state index contributed by atoms with van der Waals surface area (Å²) in [5.41, 5.74) is 2.52.